The van der Waals surface area contributed by atoms with E-state index in [0.29, 0.717) is 18.8 Å². The number of benzene rings is 1. The van der Waals surface area contributed by atoms with Crippen LogP contribution in [-0.4, -0.2) is 29.9 Å². The molecule has 0 spiro atoms. The summed E-state index contributed by atoms with van der Waals surface area (Å²) in [5.41, 5.74) is 1.32. The van der Waals surface area contributed by atoms with Gasteiger partial charge in [-0.15, -0.1) is 0 Å². The van der Waals surface area contributed by atoms with Crippen LogP contribution in [0.15, 0.2) is 41.1 Å². The molecule has 0 radical (unpaired) electrons. The Hall–Kier alpha value is -2.63. The number of hydrogen-bond acceptors (Lipinski definition) is 4. The Bertz CT molecular complexity index is 593. The predicted octanol–water partition coefficient (Wildman–Crippen LogP) is 1.21. The van der Waals surface area contributed by atoms with Crippen LogP contribution in [0.3, 0.4) is 0 Å². The van der Waals surface area contributed by atoms with E-state index in [9.17, 15) is 9.59 Å². The Morgan fingerprint density at radius 3 is 2.55 bits per heavy atom. The molecule has 1 heterocycles. The number of nitrogens with one attached hydrogen (secondary N) is 2. The van der Waals surface area contributed by atoms with Gasteiger partial charge in [0, 0.05) is 25.6 Å². The molecule has 0 aliphatic carbocycles. The van der Waals surface area contributed by atoms with Gasteiger partial charge in [-0.2, -0.15) is 0 Å². The molecule has 0 saturated heterocycles. The van der Waals surface area contributed by atoms with E-state index >= 15 is 0 Å². The van der Waals surface area contributed by atoms with Gasteiger partial charge in [0.05, 0.1) is 0 Å². The molecule has 0 saturated carbocycles. The van der Waals surface area contributed by atoms with Gasteiger partial charge in [-0.25, -0.2) is 4.98 Å². The van der Waals surface area contributed by atoms with Gasteiger partial charge in [-0.3, -0.25) is 9.59 Å². The maximum absolute atomic E-state index is 12.0. The Labute approximate surface area is 116 Å². The third-order valence-corrected chi connectivity index (χ3v) is 2.61. The maximum Gasteiger partial charge on any atom is 0.289 e. The molecule has 2 rings (SSSR count). The Morgan fingerprint density at radius 2 is 1.85 bits per heavy atom. The van der Waals surface area contributed by atoms with Crippen molar-refractivity contribution in [2.24, 2.45) is 0 Å². The Balaban J connectivity index is 2.01. The lowest BCUT2D eigenvalue weighted by Gasteiger charge is -2.05. The minimum absolute atomic E-state index is 0.135. The molecule has 1 aromatic carbocycles. The molecule has 2 amide bonds. The van der Waals surface area contributed by atoms with Crippen LogP contribution in [0.1, 0.15) is 17.5 Å². The van der Waals surface area contributed by atoms with E-state index in [2.05, 4.69) is 15.6 Å². The second-order valence-corrected chi connectivity index (χ2v) is 4.13. The summed E-state index contributed by atoms with van der Waals surface area (Å²) in [5, 5.41) is 5.26. The van der Waals surface area contributed by atoms with Crippen molar-refractivity contribution >= 4 is 11.8 Å². The maximum atomic E-state index is 12.0. The van der Waals surface area contributed by atoms with Crippen LogP contribution in [0.4, 0.5) is 0 Å². The zero-order valence-corrected chi connectivity index (χ0v) is 11.1. The first kappa shape index (κ1) is 13.8. The van der Waals surface area contributed by atoms with Crippen LogP contribution >= 0.6 is 0 Å². The van der Waals surface area contributed by atoms with Gasteiger partial charge >= 0.3 is 0 Å². The first-order valence-electron chi connectivity index (χ1n) is 6.20. The summed E-state index contributed by atoms with van der Waals surface area (Å²) < 4.78 is 5.15. The average molecular weight is 273 g/mol. The van der Waals surface area contributed by atoms with Crippen molar-refractivity contribution in [3.05, 3.63) is 42.5 Å². The molecule has 6 nitrogen and oxygen atoms in total. The summed E-state index contributed by atoms with van der Waals surface area (Å²) in [4.78, 5) is 26.8. The van der Waals surface area contributed by atoms with E-state index in [1.165, 1.54) is 13.3 Å². The average Bonchev–Trinajstić information content (AvgIpc) is 2.93. The lowest BCUT2D eigenvalue weighted by atomic mass is 10.1. The lowest BCUT2D eigenvalue weighted by molar-refractivity contribution is -0.118. The summed E-state index contributed by atoms with van der Waals surface area (Å²) in [6.45, 7) is 2.12. The highest BCUT2D eigenvalue weighted by molar-refractivity contribution is 5.97. The van der Waals surface area contributed by atoms with Gasteiger partial charge < -0.3 is 15.1 Å². The van der Waals surface area contributed by atoms with Crippen LogP contribution < -0.4 is 10.6 Å². The second kappa shape index (κ2) is 6.51. The molecular weight excluding hydrogens is 258 g/mol. The number of oxazole rings is 1. The topological polar surface area (TPSA) is 84.2 Å². The summed E-state index contributed by atoms with van der Waals surface area (Å²) in [6.07, 6.45) is 1.24. The molecule has 1 aromatic heterocycles. The van der Waals surface area contributed by atoms with Gasteiger partial charge in [0.1, 0.15) is 5.69 Å². The zero-order valence-electron chi connectivity index (χ0n) is 11.1. The van der Waals surface area contributed by atoms with Crippen molar-refractivity contribution < 1.29 is 14.0 Å². The highest BCUT2D eigenvalue weighted by Gasteiger charge is 2.17. The quantitative estimate of drug-likeness (QED) is 0.802. The van der Waals surface area contributed by atoms with Crippen LogP contribution in [0, 0.1) is 0 Å². The molecule has 0 unspecified atom stereocenters. The molecule has 0 aliphatic rings. The van der Waals surface area contributed by atoms with Gasteiger partial charge in [0.15, 0.2) is 6.39 Å². The normalized spacial score (nSPS) is 10.1. The van der Waals surface area contributed by atoms with E-state index in [1.807, 2.05) is 30.3 Å². The molecule has 2 N–H and O–H groups in total. The van der Waals surface area contributed by atoms with Crippen LogP contribution in [0.2, 0.25) is 0 Å². The Kier molecular flexibility index (Phi) is 4.49. The molecule has 6 heteroatoms. The highest BCUT2D eigenvalue weighted by Crippen LogP contribution is 2.21. The second-order valence-electron chi connectivity index (χ2n) is 4.13. The number of rotatable bonds is 5. The highest BCUT2D eigenvalue weighted by atomic mass is 16.3. The van der Waals surface area contributed by atoms with Crippen molar-refractivity contribution in [1.82, 2.24) is 15.6 Å². The fourth-order valence-corrected chi connectivity index (χ4v) is 1.70. The van der Waals surface area contributed by atoms with Gasteiger partial charge in [-0.05, 0) is 0 Å². The molecular formula is C14H15N3O3. The number of hydrogen-bond donors (Lipinski definition) is 2. The molecule has 104 valence electrons. The van der Waals surface area contributed by atoms with Crippen LogP contribution in [0.5, 0.6) is 0 Å². The molecule has 2 aromatic rings. The fourth-order valence-electron chi connectivity index (χ4n) is 1.70. The number of carbonyl (C=O) groups excluding carboxylic acids is 2. The zero-order chi connectivity index (χ0) is 14.4. The number of carbonyl (C=O) groups is 2. The predicted molar refractivity (Wildman–Crippen MR) is 73.0 cm³/mol. The van der Waals surface area contributed by atoms with Gasteiger partial charge in [0.2, 0.25) is 11.7 Å². The largest absolute Gasteiger partial charge is 0.438 e. The lowest BCUT2D eigenvalue weighted by Crippen LogP contribution is -2.33. The van der Waals surface area contributed by atoms with Crippen molar-refractivity contribution in [2.45, 2.75) is 6.92 Å². The molecule has 0 atom stereocenters. The van der Waals surface area contributed by atoms with Gasteiger partial charge in [-0.1, -0.05) is 30.3 Å². The van der Waals surface area contributed by atoms with Crippen molar-refractivity contribution in [3.63, 3.8) is 0 Å². The Morgan fingerprint density at radius 1 is 1.15 bits per heavy atom. The summed E-state index contributed by atoms with van der Waals surface area (Å²) >= 11 is 0. The smallest absolute Gasteiger partial charge is 0.289 e. The molecule has 0 bridgehead atoms. The van der Waals surface area contributed by atoms with Crippen LogP contribution in [-0.2, 0) is 4.79 Å². The minimum atomic E-state index is -0.355. The first-order chi connectivity index (χ1) is 9.68. The first-order valence-corrected chi connectivity index (χ1v) is 6.20. The van der Waals surface area contributed by atoms with E-state index < -0.39 is 0 Å². The summed E-state index contributed by atoms with van der Waals surface area (Å²) in [5.74, 6) is -0.324. The fraction of sp³-hybridized carbons (Fsp3) is 0.214. The van der Waals surface area contributed by atoms with Crippen LogP contribution in [0.25, 0.3) is 11.3 Å². The molecule has 0 fully saturated rings. The van der Waals surface area contributed by atoms with Crippen molar-refractivity contribution in [1.29, 1.82) is 0 Å². The molecule has 20 heavy (non-hydrogen) atoms. The number of nitrogens with zero attached hydrogens (tertiary/aromatic N) is 1. The standard InChI is InChI=1S/C14H15N3O3/c1-10(18)15-7-8-16-14(19)13-12(17-9-20-13)11-5-3-2-4-6-11/h2-6,9H,7-8H2,1H3,(H,15,18)(H,16,19). The third kappa shape index (κ3) is 3.44. The van der Waals surface area contributed by atoms with Crippen molar-refractivity contribution in [3.8, 4) is 11.3 Å². The number of amides is 2. The van der Waals surface area contributed by atoms with E-state index in [4.69, 9.17) is 4.42 Å². The minimum Gasteiger partial charge on any atom is -0.438 e. The summed E-state index contributed by atoms with van der Waals surface area (Å²) in [7, 11) is 0. The van der Waals surface area contributed by atoms with E-state index in [1.54, 1.807) is 0 Å². The summed E-state index contributed by atoms with van der Waals surface area (Å²) in [6, 6.07) is 9.32. The van der Waals surface area contributed by atoms with E-state index in [0.717, 1.165) is 5.56 Å². The number of aromatic nitrogens is 1. The van der Waals surface area contributed by atoms with E-state index in [-0.39, 0.29) is 17.6 Å². The SMILES string of the molecule is CC(=O)NCCNC(=O)c1ocnc1-c1ccccc1. The van der Waals surface area contributed by atoms with Crippen molar-refractivity contribution in [2.75, 3.05) is 13.1 Å². The monoisotopic (exact) mass is 273 g/mol. The third-order valence-electron chi connectivity index (χ3n) is 2.61. The molecule has 0 aliphatic heterocycles. The van der Waals surface area contributed by atoms with Gasteiger partial charge in [0.25, 0.3) is 5.91 Å².